The monoisotopic (exact) mass is 556 g/mol. The van der Waals surface area contributed by atoms with E-state index >= 15 is 0 Å². The Hall–Kier alpha value is -2.67. The molecule has 2 fully saturated rings. The summed E-state index contributed by atoms with van der Waals surface area (Å²) in [5.41, 5.74) is 1.73. The van der Waals surface area contributed by atoms with Crippen LogP contribution in [0.25, 0.3) is 20.8 Å². The summed E-state index contributed by atoms with van der Waals surface area (Å²) in [6.45, 7) is 1.80. The summed E-state index contributed by atoms with van der Waals surface area (Å²) >= 11 is 1.40. The number of rotatable bonds is 7. The number of halogens is 5. The maximum atomic E-state index is 13.6. The van der Waals surface area contributed by atoms with Gasteiger partial charge < -0.3 is 15.7 Å². The molecule has 2 aliphatic rings. The van der Waals surface area contributed by atoms with E-state index in [2.05, 4.69) is 25.6 Å². The summed E-state index contributed by atoms with van der Waals surface area (Å²) < 4.78 is 66.2. The van der Waals surface area contributed by atoms with Gasteiger partial charge in [0.2, 0.25) is 5.95 Å². The average Bonchev–Trinajstić information content (AvgIpc) is 3.58. The van der Waals surface area contributed by atoms with Gasteiger partial charge in [-0.2, -0.15) is 26.9 Å². The number of aryl methyl sites for hydroxylation is 2. The van der Waals surface area contributed by atoms with Gasteiger partial charge >= 0.3 is 12.1 Å². The molecule has 0 spiro atoms. The van der Waals surface area contributed by atoms with Gasteiger partial charge in [-0.05, 0) is 57.9 Å². The number of aliphatic hydroxyl groups is 1. The molecule has 3 aromatic heterocycles. The minimum absolute atomic E-state index is 0.0556. The van der Waals surface area contributed by atoms with E-state index in [0.717, 1.165) is 48.9 Å². The predicted molar refractivity (Wildman–Crippen MR) is 136 cm³/mol. The van der Waals surface area contributed by atoms with Gasteiger partial charge in [-0.3, -0.25) is 4.98 Å². The number of hydrogen-bond acceptors (Lipinski definition) is 8. The first-order chi connectivity index (χ1) is 17.9. The van der Waals surface area contributed by atoms with E-state index in [-0.39, 0.29) is 17.9 Å². The zero-order chi connectivity index (χ0) is 27.3. The van der Waals surface area contributed by atoms with Gasteiger partial charge in [0.25, 0.3) is 0 Å². The molecule has 2 unspecified atom stereocenters. The zero-order valence-electron chi connectivity index (χ0n) is 21.0. The van der Waals surface area contributed by atoms with E-state index in [1.54, 1.807) is 13.1 Å². The molecule has 5 rings (SSSR count). The third kappa shape index (κ3) is 5.14. The third-order valence-corrected chi connectivity index (χ3v) is 8.72. The Labute approximate surface area is 220 Å². The van der Waals surface area contributed by atoms with Crippen molar-refractivity contribution in [3.8, 4) is 10.6 Å². The summed E-state index contributed by atoms with van der Waals surface area (Å²) in [6.07, 6.45) is 1.87. The number of fused-ring (bicyclic) bond motifs is 1. The highest BCUT2D eigenvalue weighted by atomic mass is 32.1. The second-order valence-corrected chi connectivity index (χ2v) is 11.4. The van der Waals surface area contributed by atoms with E-state index in [4.69, 9.17) is 4.98 Å². The molecule has 3 N–H and O–H groups in total. The molecule has 13 heteroatoms. The predicted octanol–water partition coefficient (Wildman–Crippen LogP) is 6.26. The number of anilines is 2. The van der Waals surface area contributed by atoms with Crippen LogP contribution in [-0.2, 0) is 0 Å². The lowest BCUT2D eigenvalue weighted by Crippen LogP contribution is -2.42. The van der Waals surface area contributed by atoms with Crippen LogP contribution in [0.3, 0.4) is 0 Å². The second kappa shape index (κ2) is 9.82. The molecule has 0 amide bonds. The van der Waals surface area contributed by atoms with E-state index in [1.165, 1.54) is 11.3 Å². The van der Waals surface area contributed by atoms with Crippen LogP contribution >= 0.6 is 11.3 Å². The van der Waals surface area contributed by atoms with E-state index in [1.807, 2.05) is 13.0 Å². The normalized spacial score (nSPS) is 21.8. The molecule has 3 heterocycles. The van der Waals surface area contributed by atoms with Crippen molar-refractivity contribution in [3.63, 3.8) is 0 Å². The van der Waals surface area contributed by atoms with Crippen LogP contribution in [0.5, 0.6) is 0 Å². The van der Waals surface area contributed by atoms with Gasteiger partial charge in [0.05, 0.1) is 33.8 Å². The number of thiazole rings is 1. The van der Waals surface area contributed by atoms with Gasteiger partial charge in [0.15, 0.2) is 0 Å². The molecule has 0 radical (unpaired) electrons. The van der Waals surface area contributed by atoms with Crippen molar-refractivity contribution in [3.05, 3.63) is 23.7 Å². The second-order valence-electron chi connectivity index (χ2n) is 10.3. The summed E-state index contributed by atoms with van der Waals surface area (Å²) in [5, 5.41) is 17.1. The molecule has 2 saturated carbocycles. The van der Waals surface area contributed by atoms with Crippen LogP contribution in [0.2, 0.25) is 0 Å². The Balaban J connectivity index is 1.47. The van der Waals surface area contributed by atoms with Gasteiger partial charge in [0.1, 0.15) is 16.3 Å². The minimum atomic E-state index is -5.69. The van der Waals surface area contributed by atoms with Crippen molar-refractivity contribution in [2.24, 2.45) is 5.92 Å². The lowest BCUT2D eigenvalue weighted by molar-refractivity contribution is -0.275. The molecule has 0 saturated heterocycles. The van der Waals surface area contributed by atoms with Crippen LogP contribution in [0.15, 0.2) is 12.3 Å². The Morgan fingerprint density at radius 1 is 1.05 bits per heavy atom. The highest BCUT2D eigenvalue weighted by Crippen LogP contribution is 2.45. The smallest absolute Gasteiger partial charge is 0.390 e. The van der Waals surface area contributed by atoms with Crippen LogP contribution in [-0.4, -0.2) is 55.3 Å². The van der Waals surface area contributed by atoms with E-state index < -0.39 is 24.2 Å². The Kier molecular flexibility index (Phi) is 6.95. The Morgan fingerprint density at radius 3 is 2.47 bits per heavy atom. The van der Waals surface area contributed by atoms with Crippen LogP contribution in [0.1, 0.15) is 56.3 Å². The Bertz CT molecular complexity index is 1320. The summed E-state index contributed by atoms with van der Waals surface area (Å²) in [5.74, 6) is -4.83. The molecule has 3 aromatic rings. The molecule has 38 heavy (non-hydrogen) atoms. The number of pyridine rings is 1. The summed E-state index contributed by atoms with van der Waals surface area (Å²) in [7, 11) is 0. The molecule has 2 atom stereocenters. The molecule has 7 nitrogen and oxygen atoms in total. The highest BCUT2D eigenvalue weighted by molar-refractivity contribution is 7.21. The van der Waals surface area contributed by atoms with Crippen LogP contribution < -0.4 is 10.6 Å². The van der Waals surface area contributed by atoms with Gasteiger partial charge in [0, 0.05) is 12.2 Å². The van der Waals surface area contributed by atoms with Crippen LogP contribution in [0, 0.1) is 19.8 Å². The first-order valence-electron chi connectivity index (χ1n) is 12.6. The fourth-order valence-electron chi connectivity index (χ4n) is 5.58. The third-order valence-electron chi connectivity index (χ3n) is 7.68. The van der Waals surface area contributed by atoms with Gasteiger partial charge in [-0.15, -0.1) is 11.3 Å². The van der Waals surface area contributed by atoms with Crippen molar-refractivity contribution in [1.82, 2.24) is 19.9 Å². The lowest BCUT2D eigenvalue weighted by atomic mass is 9.84. The molecule has 206 valence electrons. The number of nitrogens with zero attached hydrogens (tertiary/aromatic N) is 4. The zero-order valence-corrected chi connectivity index (χ0v) is 21.8. The van der Waals surface area contributed by atoms with Crippen molar-refractivity contribution in [1.29, 1.82) is 0 Å². The fourth-order valence-corrected chi connectivity index (χ4v) is 6.69. The maximum absolute atomic E-state index is 13.6. The minimum Gasteiger partial charge on any atom is -0.390 e. The summed E-state index contributed by atoms with van der Waals surface area (Å²) in [6, 6.07) is 1.78. The number of hydrogen-bond donors (Lipinski definition) is 3. The van der Waals surface area contributed by atoms with Crippen molar-refractivity contribution < 1.29 is 27.1 Å². The SMILES string of the molecule is Cc1nc(NCC(F)(F)C(F)(F)F)nc(NC2CCC(C3(O)CCCC3)C2)c1-c1nc2c(C)nccc2s1. The van der Waals surface area contributed by atoms with Crippen molar-refractivity contribution in [2.45, 2.75) is 82.5 Å². The molecule has 2 aliphatic carbocycles. The molecule has 0 bridgehead atoms. The summed E-state index contributed by atoms with van der Waals surface area (Å²) in [4.78, 5) is 17.5. The molecular formula is C25H29F5N6OS. The standard InChI is InChI=1S/C25H29F5N6OS/c1-13-18(21-35-19-14(2)31-10-7-17(19)38-21)20(36-22(33-13)32-12-24(26,27)25(28,29)30)34-16-6-5-15(11-16)23(37)8-3-4-9-23/h7,10,15-16,37H,3-6,8-9,11-12H2,1-2H3,(H2,32,33,34,36). The maximum Gasteiger partial charge on any atom is 0.455 e. The number of alkyl halides is 5. The lowest BCUT2D eigenvalue weighted by Gasteiger charge is -2.29. The highest BCUT2D eigenvalue weighted by Gasteiger charge is 2.57. The number of aromatic nitrogens is 4. The van der Waals surface area contributed by atoms with Crippen LogP contribution in [0.4, 0.5) is 33.7 Å². The van der Waals surface area contributed by atoms with Gasteiger partial charge in [-0.1, -0.05) is 12.8 Å². The first kappa shape index (κ1) is 26.9. The van der Waals surface area contributed by atoms with Crippen molar-refractivity contribution in [2.75, 3.05) is 17.2 Å². The van der Waals surface area contributed by atoms with Gasteiger partial charge in [-0.25, -0.2) is 9.97 Å². The van der Waals surface area contributed by atoms with E-state index in [9.17, 15) is 27.1 Å². The molecule has 0 aromatic carbocycles. The average molecular weight is 557 g/mol. The Morgan fingerprint density at radius 2 is 1.79 bits per heavy atom. The number of nitrogens with one attached hydrogen (secondary N) is 2. The fraction of sp³-hybridized carbons (Fsp3) is 0.600. The first-order valence-corrected chi connectivity index (χ1v) is 13.5. The molecular weight excluding hydrogens is 527 g/mol. The largest absolute Gasteiger partial charge is 0.455 e. The van der Waals surface area contributed by atoms with Crippen molar-refractivity contribution >= 4 is 33.3 Å². The quantitative estimate of drug-likeness (QED) is 0.296. The molecule has 0 aliphatic heterocycles. The topological polar surface area (TPSA) is 95.9 Å². The van der Waals surface area contributed by atoms with E-state index in [0.29, 0.717) is 34.0 Å².